The van der Waals surface area contributed by atoms with Crippen LogP contribution in [-0.2, 0) is 6.54 Å². The van der Waals surface area contributed by atoms with Crippen molar-refractivity contribution in [2.75, 3.05) is 19.6 Å². The SMILES string of the molecule is C[C@H]1CN(Cc2cnc3ccc(Br)cn23)CCN1. The van der Waals surface area contributed by atoms with Crippen molar-refractivity contribution < 1.29 is 0 Å². The first-order valence-electron chi connectivity index (χ1n) is 6.29. The summed E-state index contributed by atoms with van der Waals surface area (Å²) < 4.78 is 3.25. The zero-order chi connectivity index (χ0) is 12.5. The quantitative estimate of drug-likeness (QED) is 0.919. The molecule has 1 aliphatic rings. The minimum Gasteiger partial charge on any atom is -0.312 e. The van der Waals surface area contributed by atoms with Crippen molar-refractivity contribution in [2.24, 2.45) is 0 Å². The molecule has 0 bridgehead atoms. The zero-order valence-corrected chi connectivity index (χ0v) is 12.0. The van der Waals surface area contributed by atoms with Gasteiger partial charge in [0.05, 0.1) is 11.9 Å². The molecule has 1 fully saturated rings. The highest BCUT2D eigenvalue weighted by Gasteiger charge is 2.16. The fourth-order valence-electron chi connectivity index (χ4n) is 2.51. The van der Waals surface area contributed by atoms with Crippen LogP contribution in [0.25, 0.3) is 5.65 Å². The first kappa shape index (κ1) is 12.1. The summed E-state index contributed by atoms with van der Waals surface area (Å²) in [6.45, 7) is 6.47. The molecule has 3 heterocycles. The predicted molar refractivity (Wildman–Crippen MR) is 75.6 cm³/mol. The van der Waals surface area contributed by atoms with Crippen molar-refractivity contribution in [3.63, 3.8) is 0 Å². The van der Waals surface area contributed by atoms with E-state index in [1.807, 2.05) is 18.3 Å². The largest absolute Gasteiger partial charge is 0.312 e. The van der Waals surface area contributed by atoms with Crippen LogP contribution in [0.4, 0.5) is 0 Å². The first-order chi connectivity index (χ1) is 8.72. The number of hydrogen-bond donors (Lipinski definition) is 1. The van der Waals surface area contributed by atoms with Crippen LogP contribution in [0.5, 0.6) is 0 Å². The van der Waals surface area contributed by atoms with Gasteiger partial charge >= 0.3 is 0 Å². The third-order valence-electron chi connectivity index (χ3n) is 3.38. The summed E-state index contributed by atoms with van der Waals surface area (Å²) in [7, 11) is 0. The zero-order valence-electron chi connectivity index (χ0n) is 10.4. The van der Waals surface area contributed by atoms with Gasteiger partial charge in [-0.1, -0.05) is 0 Å². The van der Waals surface area contributed by atoms with Crippen molar-refractivity contribution in [3.05, 3.63) is 34.7 Å². The summed E-state index contributed by atoms with van der Waals surface area (Å²) in [4.78, 5) is 6.92. The molecule has 3 rings (SSSR count). The van der Waals surface area contributed by atoms with Crippen LogP contribution in [0.3, 0.4) is 0 Å². The molecular weight excluding hydrogens is 292 g/mol. The van der Waals surface area contributed by atoms with E-state index in [4.69, 9.17) is 0 Å². The van der Waals surface area contributed by atoms with Gasteiger partial charge in [0.25, 0.3) is 0 Å². The minimum atomic E-state index is 0.574. The second-order valence-electron chi connectivity index (χ2n) is 4.92. The second kappa shape index (κ2) is 4.99. The Morgan fingerprint density at radius 3 is 3.22 bits per heavy atom. The highest BCUT2D eigenvalue weighted by Crippen LogP contribution is 2.15. The molecule has 1 saturated heterocycles. The normalized spacial score (nSPS) is 21.6. The van der Waals surface area contributed by atoms with E-state index < -0.39 is 0 Å². The Kier molecular flexibility index (Phi) is 3.37. The number of imidazole rings is 1. The lowest BCUT2D eigenvalue weighted by Gasteiger charge is -2.31. The second-order valence-corrected chi connectivity index (χ2v) is 5.83. The van der Waals surface area contributed by atoms with Gasteiger partial charge in [0.2, 0.25) is 0 Å². The van der Waals surface area contributed by atoms with Crippen molar-refractivity contribution >= 4 is 21.6 Å². The Balaban J connectivity index is 1.83. The number of pyridine rings is 1. The molecule has 2 aromatic rings. The number of nitrogens with zero attached hydrogens (tertiary/aromatic N) is 3. The third kappa shape index (κ3) is 2.43. The van der Waals surface area contributed by atoms with E-state index in [0.29, 0.717) is 6.04 Å². The van der Waals surface area contributed by atoms with Crippen LogP contribution in [-0.4, -0.2) is 40.0 Å². The molecule has 0 radical (unpaired) electrons. The average Bonchev–Trinajstić information content (AvgIpc) is 2.72. The van der Waals surface area contributed by atoms with E-state index in [1.165, 1.54) is 5.69 Å². The summed E-state index contributed by atoms with van der Waals surface area (Å²) in [6, 6.07) is 4.64. The summed E-state index contributed by atoms with van der Waals surface area (Å²) in [5.41, 5.74) is 2.26. The van der Waals surface area contributed by atoms with E-state index in [9.17, 15) is 0 Å². The number of nitrogens with one attached hydrogen (secondary N) is 1. The number of piperazine rings is 1. The lowest BCUT2D eigenvalue weighted by atomic mass is 10.2. The summed E-state index contributed by atoms with van der Waals surface area (Å²) in [6.07, 6.45) is 4.07. The summed E-state index contributed by atoms with van der Waals surface area (Å²) in [5.74, 6) is 0. The van der Waals surface area contributed by atoms with Gasteiger partial charge in [-0.3, -0.25) is 4.90 Å². The Bertz CT molecular complexity index is 551. The van der Waals surface area contributed by atoms with Crippen LogP contribution in [0, 0.1) is 0 Å². The fourth-order valence-corrected chi connectivity index (χ4v) is 2.84. The molecule has 0 saturated carbocycles. The molecule has 0 aliphatic carbocycles. The van der Waals surface area contributed by atoms with E-state index in [1.54, 1.807) is 0 Å². The maximum Gasteiger partial charge on any atom is 0.136 e. The lowest BCUT2D eigenvalue weighted by Crippen LogP contribution is -2.48. The van der Waals surface area contributed by atoms with Gasteiger partial charge in [0.15, 0.2) is 0 Å². The molecule has 0 amide bonds. The number of fused-ring (bicyclic) bond motifs is 1. The Morgan fingerprint density at radius 2 is 2.39 bits per heavy atom. The number of halogens is 1. The van der Waals surface area contributed by atoms with Gasteiger partial charge in [-0.15, -0.1) is 0 Å². The molecule has 1 atom stereocenters. The van der Waals surface area contributed by atoms with E-state index in [0.717, 1.165) is 36.3 Å². The van der Waals surface area contributed by atoms with Crippen LogP contribution >= 0.6 is 15.9 Å². The highest BCUT2D eigenvalue weighted by atomic mass is 79.9. The van der Waals surface area contributed by atoms with Crippen LogP contribution in [0.15, 0.2) is 29.0 Å². The molecule has 5 heteroatoms. The summed E-state index contributed by atoms with van der Waals surface area (Å²) >= 11 is 3.51. The molecular formula is C13H17BrN4. The predicted octanol–water partition coefficient (Wildman–Crippen LogP) is 1.89. The molecule has 18 heavy (non-hydrogen) atoms. The lowest BCUT2D eigenvalue weighted by molar-refractivity contribution is 0.197. The molecule has 0 aromatic carbocycles. The number of hydrogen-bond acceptors (Lipinski definition) is 3. The molecule has 4 nitrogen and oxygen atoms in total. The Morgan fingerprint density at radius 1 is 1.50 bits per heavy atom. The van der Waals surface area contributed by atoms with Gasteiger partial charge in [-0.2, -0.15) is 0 Å². The molecule has 2 aromatic heterocycles. The number of rotatable bonds is 2. The minimum absolute atomic E-state index is 0.574. The maximum atomic E-state index is 4.44. The van der Waals surface area contributed by atoms with Crippen molar-refractivity contribution in [1.29, 1.82) is 0 Å². The topological polar surface area (TPSA) is 32.6 Å². The monoisotopic (exact) mass is 308 g/mol. The smallest absolute Gasteiger partial charge is 0.136 e. The maximum absolute atomic E-state index is 4.44. The first-order valence-corrected chi connectivity index (χ1v) is 7.09. The van der Waals surface area contributed by atoms with E-state index >= 15 is 0 Å². The van der Waals surface area contributed by atoms with Crippen LogP contribution in [0.1, 0.15) is 12.6 Å². The van der Waals surface area contributed by atoms with Crippen molar-refractivity contribution in [1.82, 2.24) is 19.6 Å². The molecule has 0 spiro atoms. The molecule has 1 aliphatic heterocycles. The van der Waals surface area contributed by atoms with Gasteiger partial charge < -0.3 is 9.72 Å². The van der Waals surface area contributed by atoms with Crippen LogP contribution in [0.2, 0.25) is 0 Å². The van der Waals surface area contributed by atoms with Gasteiger partial charge in [0.1, 0.15) is 5.65 Å². The molecule has 0 unspecified atom stereocenters. The van der Waals surface area contributed by atoms with Crippen LogP contribution < -0.4 is 5.32 Å². The standard InChI is InChI=1S/C13H17BrN4/c1-10-7-17(5-4-15-10)9-12-6-16-13-3-2-11(14)8-18(12)13/h2-3,6,8,10,15H,4-5,7,9H2,1H3/t10-/m0/s1. The van der Waals surface area contributed by atoms with Crippen molar-refractivity contribution in [3.8, 4) is 0 Å². The number of aromatic nitrogens is 2. The fraction of sp³-hybridized carbons (Fsp3) is 0.462. The highest BCUT2D eigenvalue weighted by molar-refractivity contribution is 9.10. The molecule has 1 N–H and O–H groups in total. The average molecular weight is 309 g/mol. The van der Waals surface area contributed by atoms with Gasteiger partial charge in [-0.05, 0) is 35.0 Å². The van der Waals surface area contributed by atoms with E-state index in [2.05, 4.69) is 48.7 Å². The Labute approximate surface area is 115 Å². The van der Waals surface area contributed by atoms with Gasteiger partial charge in [0, 0.05) is 42.9 Å². The Hall–Kier alpha value is -0.910. The summed E-state index contributed by atoms with van der Waals surface area (Å²) in [5, 5.41) is 3.47. The third-order valence-corrected chi connectivity index (χ3v) is 3.85. The van der Waals surface area contributed by atoms with E-state index in [-0.39, 0.29) is 0 Å². The van der Waals surface area contributed by atoms with Crippen molar-refractivity contribution in [2.45, 2.75) is 19.5 Å². The van der Waals surface area contributed by atoms with Gasteiger partial charge in [-0.25, -0.2) is 4.98 Å². The molecule has 96 valence electrons.